The van der Waals surface area contributed by atoms with Crippen LogP contribution in [0.3, 0.4) is 0 Å². The Kier molecular flexibility index (Phi) is 4.55. The highest BCUT2D eigenvalue weighted by Crippen LogP contribution is 2.14. The summed E-state index contributed by atoms with van der Waals surface area (Å²) >= 11 is 0. The van der Waals surface area contributed by atoms with Crippen LogP contribution >= 0.6 is 0 Å². The molecule has 1 heterocycles. The van der Waals surface area contributed by atoms with Crippen molar-refractivity contribution in [3.8, 4) is 0 Å². The van der Waals surface area contributed by atoms with E-state index in [4.69, 9.17) is 4.74 Å². The summed E-state index contributed by atoms with van der Waals surface area (Å²) in [5.74, 6) is 0.833. The van der Waals surface area contributed by atoms with E-state index in [9.17, 15) is 0 Å². The summed E-state index contributed by atoms with van der Waals surface area (Å²) in [7, 11) is 0. The van der Waals surface area contributed by atoms with E-state index in [1.54, 1.807) is 0 Å². The van der Waals surface area contributed by atoms with Gasteiger partial charge < -0.3 is 10.1 Å². The van der Waals surface area contributed by atoms with Gasteiger partial charge in [-0.1, -0.05) is 6.92 Å². The van der Waals surface area contributed by atoms with Gasteiger partial charge in [0.2, 0.25) is 0 Å². The highest BCUT2D eigenvalue weighted by Gasteiger charge is 2.14. The van der Waals surface area contributed by atoms with Gasteiger partial charge in [-0.2, -0.15) is 0 Å². The molecule has 1 unspecified atom stereocenters. The third-order valence-electron chi connectivity index (χ3n) is 2.18. The number of nitrogens with one attached hydrogen (secondary N) is 1. The van der Waals surface area contributed by atoms with Crippen LogP contribution in [0.25, 0.3) is 0 Å². The quantitative estimate of drug-likeness (QED) is 0.609. The fourth-order valence-corrected chi connectivity index (χ4v) is 1.42. The van der Waals surface area contributed by atoms with Crippen LogP contribution in [0.2, 0.25) is 0 Å². The van der Waals surface area contributed by atoms with E-state index < -0.39 is 0 Å². The van der Waals surface area contributed by atoms with Gasteiger partial charge in [-0.3, -0.25) is 0 Å². The molecule has 2 nitrogen and oxygen atoms in total. The molecule has 0 aliphatic carbocycles. The van der Waals surface area contributed by atoms with Crippen molar-refractivity contribution in [1.82, 2.24) is 5.32 Å². The van der Waals surface area contributed by atoms with Gasteiger partial charge in [0.05, 0.1) is 0 Å². The van der Waals surface area contributed by atoms with Crippen LogP contribution < -0.4 is 5.32 Å². The first-order valence-electron chi connectivity index (χ1n) is 4.72. The van der Waals surface area contributed by atoms with Crippen LogP contribution in [0.1, 0.15) is 26.2 Å². The molecular formula is C9H19NO. The Labute approximate surface area is 69.3 Å². The number of hydrogen-bond donors (Lipinski definition) is 1. The molecule has 1 fully saturated rings. The molecule has 66 valence electrons. The minimum absolute atomic E-state index is 0.833. The van der Waals surface area contributed by atoms with E-state index in [0.29, 0.717) is 0 Å². The maximum absolute atomic E-state index is 5.29. The first-order chi connectivity index (χ1) is 5.43. The molecule has 1 atom stereocenters. The van der Waals surface area contributed by atoms with E-state index in [1.807, 2.05) is 0 Å². The zero-order valence-electron chi connectivity index (χ0n) is 7.44. The standard InChI is InChI=1S/C9H19NO/c1-2-5-10-6-3-9-4-7-11-8-9/h9-10H,2-8H2,1H3. The highest BCUT2D eigenvalue weighted by atomic mass is 16.5. The van der Waals surface area contributed by atoms with Crippen molar-refractivity contribution in [2.45, 2.75) is 26.2 Å². The van der Waals surface area contributed by atoms with E-state index in [2.05, 4.69) is 12.2 Å². The maximum atomic E-state index is 5.29. The molecule has 1 aliphatic heterocycles. The lowest BCUT2D eigenvalue weighted by molar-refractivity contribution is 0.184. The lowest BCUT2D eigenvalue weighted by Crippen LogP contribution is -2.18. The van der Waals surface area contributed by atoms with Gasteiger partial charge in [-0.15, -0.1) is 0 Å². The second kappa shape index (κ2) is 5.56. The molecule has 0 aromatic heterocycles. The average Bonchev–Trinajstić information content (AvgIpc) is 2.50. The molecular weight excluding hydrogens is 138 g/mol. The van der Waals surface area contributed by atoms with E-state index in [1.165, 1.54) is 25.8 Å². The molecule has 1 N–H and O–H groups in total. The number of hydrogen-bond acceptors (Lipinski definition) is 2. The maximum Gasteiger partial charge on any atom is 0.0495 e. The molecule has 1 saturated heterocycles. The first kappa shape index (κ1) is 9.01. The van der Waals surface area contributed by atoms with Crippen molar-refractivity contribution in [3.05, 3.63) is 0 Å². The minimum atomic E-state index is 0.833. The summed E-state index contributed by atoms with van der Waals surface area (Å²) in [6.07, 6.45) is 3.80. The molecule has 0 spiro atoms. The van der Waals surface area contributed by atoms with Crippen LogP contribution in [0, 0.1) is 5.92 Å². The zero-order valence-corrected chi connectivity index (χ0v) is 7.44. The molecule has 0 bridgehead atoms. The predicted octanol–water partition coefficient (Wildman–Crippen LogP) is 1.41. The van der Waals surface area contributed by atoms with Crippen molar-refractivity contribution >= 4 is 0 Å². The normalized spacial score (nSPS) is 24.3. The van der Waals surface area contributed by atoms with E-state index in [0.717, 1.165) is 25.7 Å². The van der Waals surface area contributed by atoms with Crippen molar-refractivity contribution in [2.75, 3.05) is 26.3 Å². The Morgan fingerprint density at radius 1 is 1.45 bits per heavy atom. The minimum Gasteiger partial charge on any atom is -0.381 e. The van der Waals surface area contributed by atoms with Gasteiger partial charge >= 0.3 is 0 Å². The summed E-state index contributed by atoms with van der Waals surface area (Å²) in [5, 5.41) is 3.41. The van der Waals surface area contributed by atoms with Crippen molar-refractivity contribution in [3.63, 3.8) is 0 Å². The van der Waals surface area contributed by atoms with Gasteiger partial charge in [-0.25, -0.2) is 0 Å². The van der Waals surface area contributed by atoms with Crippen LogP contribution in [0.4, 0.5) is 0 Å². The van der Waals surface area contributed by atoms with E-state index >= 15 is 0 Å². The molecule has 1 rings (SSSR count). The van der Waals surface area contributed by atoms with Gasteiger partial charge in [-0.05, 0) is 38.3 Å². The lowest BCUT2D eigenvalue weighted by Gasteiger charge is -2.07. The second-order valence-electron chi connectivity index (χ2n) is 3.27. The Morgan fingerprint density at radius 2 is 2.36 bits per heavy atom. The molecule has 1 aliphatic rings. The average molecular weight is 157 g/mol. The number of ether oxygens (including phenoxy) is 1. The number of rotatable bonds is 5. The van der Waals surface area contributed by atoms with Gasteiger partial charge in [0, 0.05) is 13.2 Å². The Balaban J connectivity index is 1.86. The fourth-order valence-electron chi connectivity index (χ4n) is 1.42. The Hall–Kier alpha value is -0.0800. The Bertz CT molecular complexity index is 89.6. The zero-order chi connectivity index (χ0) is 7.94. The largest absolute Gasteiger partial charge is 0.381 e. The molecule has 2 heteroatoms. The second-order valence-corrected chi connectivity index (χ2v) is 3.27. The molecule has 0 amide bonds. The first-order valence-corrected chi connectivity index (χ1v) is 4.72. The molecule has 0 aromatic rings. The summed E-state index contributed by atoms with van der Waals surface area (Å²) in [4.78, 5) is 0. The fraction of sp³-hybridized carbons (Fsp3) is 1.00. The smallest absolute Gasteiger partial charge is 0.0495 e. The van der Waals surface area contributed by atoms with Crippen LogP contribution in [-0.4, -0.2) is 26.3 Å². The van der Waals surface area contributed by atoms with Crippen LogP contribution in [0.15, 0.2) is 0 Å². The third-order valence-corrected chi connectivity index (χ3v) is 2.18. The monoisotopic (exact) mass is 157 g/mol. The van der Waals surface area contributed by atoms with Crippen LogP contribution in [0.5, 0.6) is 0 Å². The van der Waals surface area contributed by atoms with Gasteiger partial charge in [0.1, 0.15) is 0 Å². The topological polar surface area (TPSA) is 21.3 Å². The molecule has 11 heavy (non-hydrogen) atoms. The molecule has 0 aromatic carbocycles. The molecule has 0 radical (unpaired) electrons. The predicted molar refractivity (Wildman–Crippen MR) is 46.7 cm³/mol. The summed E-state index contributed by atoms with van der Waals surface area (Å²) in [6.45, 7) is 6.51. The summed E-state index contributed by atoms with van der Waals surface area (Å²) in [6, 6.07) is 0. The summed E-state index contributed by atoms with van der Waals surface area (Å²) < 4.78 is 5.29. The van der Waals surface area contributed by atoms with Crippen LogP contribution in [-0.2, 0) is 4.74 Å². The SMILES string of the molecule is CCCNCCC1CCOC1. The van der Waals surface area contributed by atoms with Crippen molar-refractivity contribution in [1.29, 1.82) is 0 Å². The highest BCUT2D eigenvalue weighted by molar-refractivity contribution is 4.64. The third kappa shape index (κ3) is 3.73. The lowest BCUT2D eigenvalue weighted by atomic mass is 10.1. The van der Waals surface area contributed by atoms with Crippen molar-refractivity contribution in [2.24, 2.45) is 5.92 Å². The molecule has 0 saturated carbocycles. The van der Waals surface area contributed by atoms with Gasteiger partial charge in [0.25, 0.3) is 0 Å². The van der Waals surface area contributed by atoms with Crippen molar-refractivity contribution < 1.29 is 4.74 Å². The summed E-state index contributed by atoms with van der Waals surface area (Å²) in [5.41, 5.74) is 0. The Morgan fingerprint density at radius 3 is 3.00 bits per heavy atom. The van der Waals surface area contributed by atoms with E-state index in [-0.39, 0.29) is 0 Å². The van der Waals surface area contributed by atoms with Gasteiger partial charge in [0.15, 0.2) is 0 Å².